The maximum atomic E-state index is 13.0. The first-order chi connectivity index (χ1) is 13.4. The summed E-state index contributed by atoms with van der Waals surface area (Å²) in [6.07, 6.45) is -2.13. The number of pyridine rings is 1. The highest BCUT2D eigenvalue weighted by Gasteiger charge is 2.32. The van der Waals surface area contributed by atoms with Crippen LogP contribution < -0.4 is 10.2 Å². The number of hydrogen-bond acceptors (Lipinski definition) is 4. The number of halogens is 3. The van der Waals surface area contributed by atoms with Crippen molar-refractivity contribution in [3.8, 4) is 11.6 Å². The Balaban J connectivity index is 1.76. The fraction of sp³-hybridized carbons (Fsp3) is 0.0500. The number of benzene rings is 2. The summed E-state index contributed by atoms with van der Waals surface area (Å²) in [6.45, 7) is 0. The van der Waals surface area contributed by atoms with E-state index in [-0.39, 0.29) is 17.0 Å². The minimum Gasteiger partial charge on any atom is -0.438 e. The van der Waals surface area contributed by atoms with Gasteiger partial charge in [0.05, 0.1) is 11.8 Å². The van der Waals surface area contributed by atoms with Gasteiger partial charge < -0.3 is 4.74 Å². The molecule has 28 heavy (non-hydrogen) atoms. The quantitative estimate of drug-likeness (QED) is 0.513. The van der Waals surface area contributed by atoms with Gasteiger partial charge in [0.2, 0.25) is 5.88 Å². The zero-order valence-electron chi connectivity index (χ0n) is 14.4. The molecule has 0 fully saturated rings. The molecule has 0 atom stereocenters. The Labute approximate surface area is 158 Å². The van der Waals surface area contributed by atoms with Crippen molar-refractivity contribution >= 4 is 12.1 Å². The van der Waals surface area contributed by atoms with Crippen molar-refractivity contribution in [1.82, 2.24) is 10.4 Å². The molecule has 0 unspecified atom stereocenters. The number of aromatic nitrogens is 1. The second-order valence-corrected chi connectivity index (χ2v) is 5.56. The van der Waals surface area contributed by atoms with Crippen LogP contribution in [0.1, 0.15) is 21.5 Å². The summed E-state index contributed by atoms with van der Waals surface area (Å²) in [7, 11) is 0. The summed E-state index contributed by atoms with van der Waals surface area (Å²) in [6, 6.07) is 16.7. The maximum absolute atomic E-state index is 13.0. The second-order valence-electron chi connectivity index (χ2n) is 5.56. The molecule has 1 heterocycles. The van der Waals surface area contributed by atoms with Gasteiger partial charge in [-0.1, -0.05) is 36.4 Å². The van der Waals surface area contributed by atoms with Crippen molar-refractivity contribution in [3.63, 3.8) is 0 Å². The Morgan fingerprint density at radius 2 is 1.71 bits per heavy atom. The molecule has 0 aliphatic carbocycles. The first-order valence-electron chi connectivity index (χ1n) is 8.12. The number of nitrogens with zero attached hydrogens (tertiary/aromatic N) is 2. The molecule has 0 aliphatic rings. The first kappa shape index (κ1) is 19.1. The van der Waals surface area contributed by atoms with Crippen LogP contribution in [0, 0.1) is 0 Å². The molecule has 0 spiro atoms. The van der Waals surface area contributed by atoms with E-state index in [2.05, 4.69) is 15.5 Å². The van der Waals surface area contributed by atoms with Crippen LogP contribution in [0.3, 0.4) is 0 Å². The fourth-order valence-electron chi connectivity index (χ4n) is 2.33. The van der Waals surface area contributed by atoms with Gasteiger partial charge in [-0.15, -0.1) is 0 Å². The van der Waals surface area contributed by atoms with Crippen molar-refractivity contribution in [3.05, 3.63) is 89.6 Å². The van der Waals surface area contributed by atoms with Crippen LogP contribution in [0.4, 0.5) is 13.2 Å². The molecule has 3 aromatic rings. The molecule has 1 N–H and O–H groups in total. The number of nitrogens with one attached hydrogen (secondary N) is 1. The summed E-state index contributed by atoms with van der Waals surface area (Å²) >= 11 is 0. The number of hydrogen-bond donors (Lipinski definition) is 1. The normalized spacial score (nSPS) is 11.4. The van der Waals surface area contributed by atoms with Gasteiger partial charge in [-0.05, 0) is 30.3 Å². The lowest BCUT2D eigenvalue weighted by Crippen LogP contribution is -2.19. The number of hydrazone groups is 1. The van der Waals surface area contributed by atoms with Gasteiger partial charge in [-0.3, -0.25) is 4.79 Å². The molecule has 5 nitrogen and oxygen atoms in total. The second kappa shape index (κ2) is 8.34. The molecule has 0 saturated heterocycles. The summed E-state index contributed by atoms with van der Waals surface area (Å²) in [5.74, 6) is -0.130. The van der Waals surface area contributed by atoms with E-state index >= 15 is 0 Å². The fourth-order valence-corrected chi connectivity index (χ4v) is 2.33. The molecule has 2 aromatic carbocycles. The van der Waals surface area contributed by atoms with Gasteiger partial charge in [-0.25, -0.2) is 10.4 Å². The van der Waals surface area contributed by atoms with E-state index in [4.69, 9.17) is 4.74 Å². The molecule has 3 rings (SSSR count). The van der Waals surface area contributed by atoms with E-state index in [1.165, 1.54) is 36.5 Å². The lowest BCUT2D eigenvalue weighted by molar-refractivity contribution is -0.137. The van der Waals surface area contributed by atoms with Crippen LogP contribution in [0.2, 0.25) is 0 Å². The zero-order chi connectivity index (χ0) is 20.0. The van der Waals surface area contributed by atoms with Gasteiger partial charge in [0.1, 0.15) is 11.3 Å². The number of para-hydroxylation sites is 1. The van der Waals surface area contributed by atoms with Crippen LogP contribution >= 0.6 is 0 Å². The standard InChI is InChI=1S/C20H14F3N3O2/c21-20(22,23)17-11-5-4-7-14(17)13-25-26-18(27)16-10-6-12-24-19(16)28-15-8-2-1-3-9-15/h1-13H,(H,26,27). The predicted molar refractivity (Wildman–Crippen MR) is 97.3 cm³/mol. The zero-order valence-corrected chi connectivity index (χ0v) is 14.4. The molecular formula is C20H14F3N3O2. The monoisotopic (exact) mass is 385 g/mol. The van der Waals surface area contributed by atoms with E-state index in [9.17, 15) is 18.0 Å². The molecule has 1 aromatic heterocycles. The Hall–Kier alpha value is -3.68. The van der Waals surface area contributed by atoms with E-state index in [0.717, 1.165) is 12.3 Å². The van der Waals surface area contributed by atoms with Gasteiger partial charge in [0.25, 0.3) is 5.91 Å². The molecule has 0 radical (unpaired) electrons. The lowest BCUT2D eigenvalue weighted by Gasteiger charge is -2.10. The van der Waals surface area contributed by atoms with Crippen molar-refractivity contribution in [2.24, 2.45) is 5.10 Å². The van der Waals surface area contributed by atoms with Crippen LogP contribution in [-0.4, -0.2) is 17.1 Å². The van der Waals surface area contributed by atoms with Gasteiger partial charge in [0, 0.05) is 11.8 Å². The van der Waals surface area contributed by atoms with E-state index < -0.39 is 17.6 Å². The highest BCUT2D eigenvalue weighted by molar-refractivity contribution is 5.97. The van der Waals surface area contributed by atoms with Crippen LogP contribution in [0.15, 0.2) is 78.0 Å². The predicted octanol–water partition coefficient (Wildman–Crippen LogP) is 4.66. The number of carbonyl (C=O) groups is 1. The highest BCUT2D eigenvalue weighted by atomic mass is 19.4. The summed E-state index contributed by atoms with van der Waals surface area (Å²) < 4.78 is 44.5. The molecule has 0 aliphatic heterocycles. The van der Waals surface area contributed by atoms with Crippen molar-refractivity contribution < 1.29 is 22.7 Å². The molecule has 0 bridgehead atoms. The lowest BCUT2D eigenvalue weighted by atomic mass is 10.1. The SMILES string of the molecule is O=C(NN=Cc1ccccc1C(F)(F)F)c1cccnc1Oc1ccccc1. The Morgan fingerprint density at radius 3 is 2.46 bits per heavy atom. The third-order valence-electron chi connectivity index (χ3n) is 3.61. The number of amides is 1. The summed E-state index contributed by atoms with van der Waals surface area (Å²) in [5, 5.41) is 3.63. The van der Waals surface area contributed by atoms with Crippen LogP contribution in [0.25, 0.3) is 0 Å². The van der Waals surface area contributed by atoms with Gasteiger partial charge >= 0.3 is 6.18 Å². The summed E-state index contributed by atoms with van der Waals surface area (Å²) in [5.41, 5.74) is 1.28. The molecule has 1 amide bonds. The topological polar surface area (TPSA) is 63.6 Å². The average Bonchev–Trinajstić information content (AvgIpc) is 2.69. The number of carbonyl (C=O) groups excluding carboxylic acids is 1. The third-order valence-corrected chi connectivity index (χ3v) is 3.61. The number of rotatable bonds is 5. The maximum Gasteiger partial charge on any atom is 0.417 e. The minimum absolute atomic E-state index is 0.0529. The van der Waals surface area contributed by atoms with Gasteiger partial charge in [-0.2, -0.15) is 18.3 Å². The van der Waals surface area contributed by atoms with Crippen molar-refractivity contribution in [2.45, 2.75) is 6.18 Å². The third kappa shape index (κ3) is 4.73. The average molecular weight is 385 g/mol. The van der Waals surface area contributed by atoms with Crippen LogP contribution in [-0.2, 0) is 6.18 Å². The number of ether oxygens (including phenoxy) is 1. The Morgan fingerprint density at radius 1 is 1.00 bits per heavy atom. The van der Waals surface area contributed by atoms with E-state index in [0.29, 0.717) is 5.75 Å². The Bertz CT molecular complexity index is 989. The molecule has 0 saturated carbocycles. The Kier molecular flexibility index (Phi) is 5.69. The molecule has 142 valence electrons. The van der Waals surface area contributed by atoms with E-state index in [1.54, 1.807) is 24.3 Å². The molecule has 8 heteroatoms. The van der Waals surface area contributed by atoms with Crippen molar-refractivity contribution in [2.75, 3.05) is 0 Å². The largest absolute Gasteiger partial charge is 0.438 e. The highest BCUT2D eigenvalue weighted by Crippen LogP contribution is 2.31. The summed E-state index contributed by atoms with van der Waals surface area (Å²) in [4.78, 5) is 16.4. The first-order valence-corrected chi connectivity index (χ1v) is 8.12. The molecular weight excluding hydrogens is 371 g/mol. The van der Waals surface area contributed by atoms with E-state index in [1.807, 2.05) is 6.07 Å². The number of alkyl halides is 3. The van der Waals surface area contributed by atoms with Crippen LogP contribution in [0.5, 0.6) is 11.6 Å². The van der Waals surface area contributed by atoms with Gasteiger partial charge in [0.15, 0.2) is 0 Å². The minimum atomic E-state index is -4.52. The smallest absolute Gasteiger partial charge is 0.417 e. The van der Waals surface area contributed by atoms with Crippen molar-refractivity contribution in [1.29, 1.82) is 0 Å².